The van der Waals surface area contributed by atoms with Crippen LogP contribution in [0, 0.1) is 0 Å². The van der Waals surface area contributed by atoms with E-state index < -0.39 is 28.5 Å². The van der Waals surface area contributed by atoms with Crippen LogP contribution in [0.1, 0.15) is 44.6 Å². The lowest BCUT2D eigenvalue weighted by molar-refractivity contribution is -0.139. The molecule has 2 amide bonds. The number of carbonyl (C=O) groups excluding carboxylic acids is 2. The fraction of sp³-hybridized carbons (Fsp3) is 0.278. The van der Waals surface area contributed by atoms with Crippen molar-refractivity contribution in [2.45, 2.75) is 62.6 Å². The fourth-order valence-corrected chi connectivity index (χ4v) is 7.15. The van der Waals surface area contributed by atoms with Gasteiger partial charge in [0, 0.05) is 17.6 Å². The number of sulfonamides is 1. The molecule has 240 valence electrons. The first-order valence-electron chi connectivity index (χ1n) is 15.5. The maximum atomic E-state index is 14.2. The van der Waals surface area contributed by atoms with E-state index >= 15 is 0 Å². The van der Waals surface area contributed by atoms with Crippen molar-refractivity contribution < 1.29 is 22.7 Å². The number of benzene rings is 4. The Labute approximate surface area is 276 Å². The quantitative estimate of drug-likeness (QED) is 0.174. The number of nitrogens with one attached hydrogen (secondary N) is 1. The molecule has 0 spiro atoms. The molecule has 1 aliphatic rings. The number of nitrogens with zero attached hydrogens (tertiary/aromatic N) is 2. The molecule has 5 rings (SSSR count). The van der Waals surface area contributed by atoms with Gasteiger partial charge in [-0.3, -0.25) is 13.9 Å². The van der Waals surface area contributed by atoms with Crippen LogP contribution in [0.4, 0.5) is 5.69 Å². The van der Waals surface area contributed by atoms with Crippen molar-refractivity contribution in [3.05, 3.63) is 120 Å². The molecule has 1 atom stereocenters. The van der Waals surface area contributed by atoms with E-state index in [2.05, 4.69) is 5.32 Å². The summed E-state index contributed by atoms with van der Waals surface area (Å²) in [4.78, 5) is 29.2. The zero-order valence-corrected chi connectivity index (χ0v) is 27.3. The Bertz CT molecular complexity index is 1710. The predicted octanol–water partition coefficient (Wildman–Crippen LogP) is 7.19. The Morgan fingerprint density at radius 3 is 2.07 bits per heavy atom. The number of para-hydroxylation sites is 1. The van der Waals surface area contributed by atoms with E-state index in [-0.39, 0.29) is 29.1 Å². The smallest absolute Gasteiger partial charge is 0.264 e. The van der Waals surface area contributed by atoms with Crippen LogP contribution >= 0.6 is 11.6 Å². The average molecular weight is 660 g/mol. The van der Waals surface area contributed by atoms with Gasteiger partial charge in [0.1, 0.15) is 24.1 Å². The third-order valence-electron chi connectivity index (χ3n) is 8.13. The first-order chi connectivity index (χ1) is 22.2. The van der Waals surface area contributed by atoms with Gasteiger partial charge in [-0.25, -0.2) is 8.42 Å². The second-order valence-corrected chi connectivity index (χ2v) is 13.6. The summed E-state index contributed by atoms with van der Waals surface area (Å²) in [5.41, 5.74) is 0.921. The molecule has 0 heterocycles. The largest absolute Gasteiger partial charge is 0.457 e. The Hall–Kier alpha value is -4.34. The van der Waals surface area contributed by atoms with E-state index in [1.807, 2.05) is 36.4 Å². The van der Waals surface area contributed by atoms with Crippen LogP contribution in [-0.4, -0.2) is 43.8 Å². The van der Waals surface area contributed by atoms with E-state index in [0.29, 0.717) is 22.1 Å². The second-order valence-electron chi connectivity index (χ2n) is 11.4. The van der Waals surface area contributed by atoms with Crippen molar-refractivity contribution in [3.8, 4) is 11.5 Å². The van der Waals surface area contributed by atoms with Gasteiger partial charge in [-0.05, 0) is 79.9 Å². The zero-order valence-electron chi connectivity index (χ0n) is 25.7. The average Bonchev–Trinajstić information content (AvgIpc) is 3.08. The lowest BCUT2D eigenvalue weighted by Gasteiger charge is -2.33. The highest BCUT2D eigenvalue weighted by Crippen LogP contribution is 2.29. The molecule has 8 nitrogen and oxygen atoms in total. The van der Waals surface area contributed by atoms with Crippen LogP contribution in [0.5, 0.6) is 11.5 Å². The normalized spacial score (nSPS) is 14.2. The van der Waals surface area contributed by atoms with Gasteiger partial charge in [0.15, 0.2) is 0 Å². The van der Waals surface area contributed by atoms with Crippen molar-refractivity contribution >= 4 is 39.1 Å². The van der Waals surface area contributed by atoms with Gasteiger partial charge in [-0.2, -0.15) is 0 Å². The summed E-state index contributed by atoms with van der Waals surface area (Å²) >= 11 is 6.48. The summed E-state index contributed by atoms with van der Waals surface area (Å²) in [6.07, 6.45) is 5.02. The second kappa shape index (κ2) is 15.3. The highest BCUT2D eigenvalue weighted by atomic mass is 35.5. The molecule has 4 aromatic carbocycles. The lowest BCUT2D eigenvalue weighted by atomic mass is 9.95. The molecule has 1 N–H and O–H groups in total. The Morgan fingerprint density at radius 1 is 0.826 bits per heavy atom. The third-order valence-corrected chi connectivity index (χ3v) is 10.3. The van der Waals surface area contributed by atoms with Gasteiger partial charge >= 0.3 is 0 Å². The third kappa shape index (κ3) is 8.27. The molecular weight excluding hydrogens is 622 g/mol. The van der Waals surface area contributed by atoms with Crippen molar-refractivity contribution in [1.29, 1.82) is 0 Å². The highest BCUT2D eigenvalue weighted by molar-refractivity contribution is 7.92. The van der Waals surface area contributed by atoms with Crippen molar-refractivity contribution in [2.24, 2.45) is 0 Å². The summed E-state index contributed by atoms with van der Waals surface area (Å²) in [6.45, 7) is 1.15. The number of rotatable bonds is 12. The Kier molecular flexibility index (Phi) is 11.0. The van der Waals surface area contributed by atoms with Crippen molar-refractivity contribution in [3.63, 3.8) is 0 Å². The summed E-state index contributed by atoms with van der Waals surface area (Å²) < 4.78 is 35.1. The monoisotopic (exact) mass is 659 g/mol. The summed E-state index contributed by atoms with van der Waals surface area (Å²) in [5, 5.41) is 3.56. The molecule has 0 bridgehead atoms. The van der Waals surface area contributed by atoms with E-state index in [0.717, 1.165) is 36.4 Å². The van der Waals surface area contributed by atoms with Gasteiger partial charge in [-0.15, -0.1) is 0 Å². The van der Waals surface area contributed by atoms with Crippen LogP contribution in [0.15, 0.2) is 114 Å². The fourth-order valence-electron chi connectivity index (χ4n) is 5.51. The molecule has 4 aromatic rings. The van der Waals surface area contributed by atoms with Crippen molar-refractivity contribution in [2.75, 3.05) is 10.8 Å². The maximum Gasteiger partial charge on any atom is 0.264 e. The van der Waals surface area contributed by atoms with Crippen LogP contribution in [0.2, 0.25) is 5.02 Å². The first-order valence-corrected chi connectivity index (χ1v) is 17.3. The minimum Gasteiger partial charge on any atom is -0.457 e. The molecule has 0 saturated heterocycles. The van der Waals surface area contributed by atoms with Crippen LogP contribution in [0.25, 0.3) is 0 Å². The van der Waals surface area contributed by atoms with Crippen LogP contribution in [-0.2, 0) is 26.2 Å². The molecular formula is C36H38ClN3O5S. The Balaban J connectivity index is 1.46. The highest BCUT2D eigenvalue weighted by Gasteiger charge is 2.33. The van der Waals surface area contributed by atoms with E-state index in [4.69, 9.17) is 16.3 Å². The molecule has 0 aromatic heterocycles. The molecule has 10 heteroatoms. The summed E-state index contributed by atoms with van der Waals surface area (Å²) in [5.74, 6) is 0.309. The molecule has 46 heavy (non-hydrogen) atoms. The summed E-state index contributed by atoms with van der Waals surface area (Å²) in [7, 11) is -4.19. The number of hydrogen-bond donors (Lipinski definition) is 1. The topological polar surface area (TPSA) is 96.0 Å². The minimum atomic E-state index is -4.19. The number of amides is 2. The van der Waals surface area contributed by atoms with Gasteiger partial charge in [-0.1, -0.05) is 85.5 Å². The lowest BCUT2D eigenvalue weighted by Crippen LogP contribution is -2.53. The first kappa shape index (κ1) is 33.0. The van der Waals surface area contributed by atoms with Gasteiger partial charge < -0.3 is 15.0 Å². The van der Waals surface area contributed by atoms with E-state index in [9.17, 15) is 18.0 Å². The molecule has 1 fully saturated rings. The number of hydrogen-bond acceptors (Lipinski definition) is 5. The summed E-state index contributed by atoms with van der Waals surface area (Å²) in [6, 6.07) is 30.0. The van der Waals surface area contributed by atoms with Gasteiger partial charge in [0.05, 0.1) is 10.6 Å². The SMILES string of the molecule is C[C@H](C(=O)NC1CCCCC1)N(Cc1ccccc1Cl)C(=O)CN(c1ccc(Oc2ccccc2)cc1)S(=O)(=O)c1ccccc1. The van der Waals surface area contributed by atoms with Gasteiger partial charge in [0.25, 0.3) is 10.0 Å². The van der Waals surface area contributed by atoms with Gasteiger partial charge in [0.2, 0.25) is 11.8 Å². The Morgan fingerprint density at radius 2 is 1.41 bits per heavy atom. The van der Waals surface area contributed by atoms with E-state index in [1.165, 1.54) is 17.0 Å². The van der Waals surface area contributed by atoms with Crippen molar-refractivity contribution in [1.82, 2.24) is 10.2 Å². The molecule has 0 radical (unpaired) electrons. The predicted molar refractivity (Wildman–Crippen MR) is 180 cm³/mol. The number of carbonyl (C=O) groups is 2. The van der Waals surface area contributed by atoms with E-state index in [1.54, 1.807) is 67.6 Å². The molecule has 0 aliphatic heterocycles. The van der Waals surface area contributed by atoms with Crippen LogP contribution in [0.3, 0.4) is 0 Å². The standard InChI is InChI=1S/C36H38ClN3O5S/c1-27(36(42)38-29-14-5-2-6-15-29)39(25-28-13-11-12-20-34(28)37)35(41)26-40(46(43,44)33-18-9-4-10-19-33)30-21-23-32(24-22-30)45-31-16-7-3-8-17-31/h3-4,7-13,16-24,27,29H,2,5-6,14-15,25-26H2,1H3,(H,38,42)/t27-/m1/s1. The molecule has 1 saturated carbocycles. The molecule has 1 aliphatic carbocycles. The maximum absolute atomic E-state index is 14.2. The number of halogens is 1. The number of ether oxygens (including phenoxy) is 1. The molecule has 0 unspecified atom stereocenters. The van der Waals surface area contributed by atoms with Crippen LogP contribution < -0.4 is 14.4 Å². The minimum absolute atomic E-state index is 0.0286. The zero-order chi connectivity index (χ0) is 32.5. The number of anilines is 1.